The van der Waals surface area contributed by atoms with Gasteiger partial charge in [-0.2, -0.15) is 0 Å². The van der Waals surface area contributed by atoms with Crippen LogP contribution in [0.5, 0.6) is 5.75 Å². The molecule has 0 atom stereocenters. The van der Waals surface area contributed by atoms with Gasteiger partial charge < -0.3 is 20.2 Å². The third-order valence-corrected chi connectivity index (χ3v) is 8.00. The minimum Gasteiger partial charge on any atom is -0.504 e. The van der Waals surface area contributed by atoms with Crippen LogP contribution >= 0.6 is 11.6 Å². The Labute approximate surface area is 221 Å². The van der Waals surface area contributed by atoms with Crippen LogP contribution in [0.1, 0.15) is 43.0 Å². The third kappa shape index (κ3) is 5.71. The second kappa shape index (κ2) is 10.9. The molecule has 2 aromatic heterocycles. The molecule has 9 heteroatoms. The molecule has 0 bridgehead atoms. The lowest BCUT2D eigenvalue weighted by molar-refractivity contribution is 0.101. The van der Waals surface area contributed by atoms with Gasteiger partial charge in [0.15, 0.2) is 17.3 Å². The van der Waals surface area contributed by atoms with E-state index in [1.54, 1.807) is 18.3 Å². The van der Waals surface area contributed by atoms with Gasteiger partial charge in [0.1, 0.15) is 5.52 Å². The lowest BCUT2D eigenvalue weighted by Crippen LogP contribution is -2.46. The Bertz CT molecular complexity index is 1280. The largest absolute Gasteiger partial charge is 0.504 e. The molecule has 1 aliphatic heterocycles. The monoisotopic (exact) mass is 525 g/mol. The van der Waals surface area contributed by atoms with Gasteiger partial charge in [-0.1, -0.05) is 11.6 Å². The normalized spacial score (nSPS) is 21.3. The highest BCUT2D eigenvalue weighted by atomic mass is 35.5. The van der Waals surface area contributed by atoms with Gasteiger partial charge in [-0.05, 0) is 69.8 Å². The highest BCUT2D eigenvalue weighted by molar-refractivity contribution is 6.32. The van der Waals surface area contributed by atoms with Crippen molar-refractivity contribution < 1.29 is 14.3 Å². The molecule has 1 saturated heterocycles. The molecule has 0 spiro atoms. The van der Waals surface area contributed by atoms with Crippen molar-refractivity contribution in [1.82, 2.24) is 19.8 Å². The van der Waals surface area contributed by atoms with Gasteiger partial charge in [-0.3, -0.25) is 9.78 Å². The van der Waals surface area contributed by atoms with E-state index in [0.29, 0.717) is 39.5 Å². The molecule has 3 aromatic rings. The van der Waals surface area contributed by atoms with Crippen molar-refractivity contribution in [1.29, 1.82) is 0 Å². The van der Waals surface area contributed by atoms with Crippen molar-refractivity contribution in [2.24, 2.45) is 5.92 Å². The van der Waals surface area contributed by atoms with E-state index in [0.717, 1.165) is 58.4 Å². The number of carbonyl (C=O) groups excluding carboxylic acids is 1. The highest BCUT2D eigenvalue weighted by Gasteiger charge is 2.26. The summed E-state index contributed by atoms with van der Waals surface area (Å²) < 4.78 is 14.2. The van der Waals surface area contributed by atoms with Crippen molar-refractivity contribution in [3.05, 3.63) is 46.9 Å². The molecule has 2 aliphatic rings. The lowest BCUT2D eigenvalue weighted by atomic mass is 9.85. The van der Waals surface area contributed by atoms with Crippen LogP contribution in [0, 0.1) is 11.7 Å². The number of fused-ring (bicyclic) bond motifs is 1. The summed E-state index contributed by atoms with van der Waals surface area (Å²) >= 11 is 6.00. The number of hydrogen-bond donors (Lipinski definition) is 2. The van der Waals surface area contributed by atoms with Gasteiger partial charge in [0, 0.05) is 50.5 Å². The summed E-state index contributed by atoms with van der Waals surface area (Å²) in [6.45, 7) is 7.25. The van der Waals surface area contributed by atoms with Gasteiger partial charge >= 0.3 is 0 Å². The maximum absolute atomic E-state index is 14.2. The summed E-state index contributed by atoms with van der Waals surface area (Å²) in [4.78, 5) is 26.7. The van der Waals surface area contributed by atoms with Crippen LogP contribution in [0.15, 0.2) is 30.5 Å². The molecule has 0 unspecified atom stereocenters. The summed E-state index contributed by atoms with van der Waals surface area (Å²) in [6, 6.07) is 6.45. The van der Waals surface area contributed by atoms with E-state index in [2.05, 4.69) is 27.1 Å². The first kappa shape index (κ1) is 25.8. The fraction of sp³-hybridized carbons (Fsp3) is 0.464. The van der Waals surface area contributed by atoms with Crippen molar-refractivity contribution in [3.63, 3.8) is 0 Å². The lowest BCUT2D eigenvalue weighted by Gasteiger charge is -2.37. The number of aromatic nitrogens is 2. The molecule has 1 aromatic carbocycles. The van der Waals surface area contributed by atoms with Crippen molar-refractivity contribution in [2.75, 3.05) is 45.1 Å². The van der Waals surface area contributed by atoms with Crippen molar-refractivity contribution in [3.8, 4) is 17.0 Å². The third-order valence-electron chi connectivity index (χ3n) is 7.71. The second-order valence-electron chi connectivity index (χ2n) is 10.4. The predicted octanol–water partition coefficient (Wildman–Crippen LogP) is 5.22. The number of halogens is 2. The fourth-order valence-electron chi connectivity index (χ4n) is 5.44. The first-order valence-corrected chi connectivity index (χ1v) is 13.3. The quantitative estimate of drug-likeness (QED) is 0.427. The van der Waals surface area contributed by atoms with E-state index in [4.69, 9.17) is 16.6 Å². The van der Waals surface area contributed by atoms with Crippen LogP contribution in [0.3, 0.4) is 0 Å². The van der Waals surface area contributed by atoms with Crippen LogP contribution in [0.2, 0.25) is 5.02 Å². The molecule has 0 amide bonds. The molecular weight excluding hydrogens is 493 g/mol. The minimum atomic E-state index is -0.813. The molecule has 5 rings (SSSR count). The van der Waals surface area contributed by atoms with E-state index >= 15 is 0 Å². The zero-order valence-corrected chi connectivity index (χ0v) is 22.1. The van der Waals surface area contributed by atoms with E-state index in [9.17, 15) is 14.3 Å². The van der Waals surface area contributed by atoms with Crippen LogP contribution in [-0.2, 0) is 0 Å². The summed E-state index contributed by atoms with van der Waals surface area (Å²) in [5.41, 5.74) is 3.29. The molecule has 196 valence electrons. The summed E-state index contributed by atoms with van der Waals surface area (Å²) in [5, 5.41) is 13.3. The zero-order chi connectivity index (χ0) is 26.1. The first-order chi connectivity index (χ1) is 17.8. The number of aromatic hydroxyl groups is 1. The number of rotatable bonds is 6. The number of phenols is 1. The Morgan fingerprint density at radius 3 is 2.57 bits per heavy atom. The van der Waals surface area contributed by atoms with E-state index < -0.39 is 11.6 Å². The number of nitrogens with one attached hydrogen (secondary N) is 1. The van der Waals surface area contributed by atoms with Gasteiger partial charge in [-0.25, -0.2) is 9.37 Å². The van der Waals surface area contributed by atoms with Crippen LogP contribution in [0.25, 0.3) is 22.3 Å². The predicted molar refractivity (Wildman–Crippen MR) is 145 cm³/mol. The fourth-order valence-corrected chi connectivity index (χ4v) is 5.65. The Hall–Kier alpha value is -2.81. The Morgan fingerprint density at radius 2 is 1.89 bits per heavy atom. The summed E-state index contributed by atoms with van der Waals surface area (Å²) in [5.74, 6) is -0.794. The number of ketones is 1. The molecular formula is C28H33ClFN5O2. The number of likely N-dealkylation sites (N-methyl/N-ethyl adjacent to an activating group) is 1. The molecule has 37 heavy (non-hydrogen) atoms. The molecule has 7 nitrogen and oxygen atoms in total. The topological polar surface area (TPSA) is 81.6 Å². The Balaban J connectivity index is 1.37. The summed E-state index contributed by atoms with van der Waals surface area (Å²) in [6.07, 6.45) is 5.94. The number of phenolic OH excluding ortho intramolecular Hbond substituents is 1. The van der Waals surface area contributed by atoms with Gasteiger partial charge in [0.2, 0.25) is 0 Å². The minimum absolute atomic E-state index is 0.0841. The van der Waals surface area contributed by atoms with E-state index in [1.165, 1.54) is 19.1 Å². The van der Waals surface area contributed by atoms with Crippen LogP contribution in [0.4, 0.5) is 10.1 Å². The van der Waals surface area contributed by atoms with Crippen LogP contribution in [-0.4, -0.2) is 76.5 Å². The maximum atomic E-state index is 14.2. The molecule has 2 fully saturated rings. The number of nitrogens with zero attached hydrogens (tertiary/aromatic N) is 4. The number of carbonyl (C=O) groups is 1. The molecule has 3 heterocycles. The Morgan fingerprint density at radius 1 is 1.16 bits per heavy atom. The first-order valence-electron chi connectivity index (χ1n) is 12.9. The summed E-state index contributed by atoms with van der Waals surface area (Å²) in [7, 11) is 2.18. The average molecular weight is 526 g/mol. The van der Waals surface area contributed by atoms with Crippen LogP contribution < -0.4 is 5.32 Å². The second-order valence-corrected chi connectivity index (χ2v) is 10.8. The van der Waals surface area contributed by atoms with Gasteiger partial charge in [0.25, 0.3) is 0 Å². The zero-order valence-electron chi connectivity index (χ0n) is 21.3. The van der Waals surface area contributed by atoms with Gasteiger partial charge in [-0.15, -0.1) is 0 Å². The molecule has 2 N–H and O–H groups in total. The standard InChI is InChI=1S/C28H33ClFN5O2/c1-17(36)21-15-31-25-8-7-24(19-13-22(29)28(37)23(30)14-19)33-27(25)26(21)32-20-5-3-18(4-6-20)16-35-11-9-34(2)10-12-35/h7-8,13-15,18,20,37H,3-6,9-12,16H2,1-2H3,(H,31,32). The number of piperazine rings is 1. The van der Waals surface area contributed by atoms with Crippen molar-refractivity contribution in [2.45, 2.75) is 38.6 Å². The number of hydrogen-bond acceptors (Lipinski definition) is 7. The number of Topliss-reactive ketones (excluding diaryl/α,β-unsaturated/α-hetero) is 1. The van der Waals surface area contributed by atoms with E-state index in [1.807, 2.05) is 0 Å². The Kier molecular flexibility index (Phi) is 7.60. The maximum Gasteiger partial charge on any atom is 0.170 e. The average Bonchev–Trinajstić information content (AvgIpc) is 2.89. The molecule has 1 saturated carbocycles. The smallest absolute Gasteiger partial charge is 0.170 e. The number of pyridine rings is 2. The van der Waals surface area contributed by atoms with E-state index in [-0.39, 0.29) is 16.8 Å². The molecule has 0 radical (unpaired) electrons. The van der Waals surface area contributed by atoms with Gasteiger partial charge in [0.05, 0.1) is 27.5 Å². The SMILES string of the molecule is CC(=O)c1cnc2ccc(-c3cc(F)c(O)c(Cl)c3)nc2c1NC1CCC(CN2CCN(C)CC2)CC1. The number of anilines is 1. The number of benzene rings is 1. The van der Waals surface area contributed by atoms with Crippen molar-refractivity contribution >= 4 is 34.1 Å². The highest BCUT2D eigenvalue weighted by Crippen LogP contribution is 2.35. The molecule has 1 aliphatic carbocycles.